The van der Waals surface area contributed by atoms with Crippen molar-refractivity contribution in [3.8, 4) is 0 Å². The zero-order valence-corrected chi connectivity index (χ0v) is 13.2. The monoisotopic (exact) mass is 290 g/mol. The molecule has 6 aliphatic carbocycles. The van der Waals surface area contributed by atoms with E-state index in [0.29, 0.717) is 17.1 Å². The second-order valence-corrected chi connectivity index (χ2v) is 8.50. The van der Waals surface area contributed by atoms with E-state index in [1.807, 2.05) is 11.1 Å². The summed E-state index contributed by atoms with van der Waals surface area (Å²) in [4.78, 5) is 12.4. The number of carbonyl (C=O) groups excluding carboxylic acids is 1. The van der Waals surface area contributed by atoms with Crippen molar-refractivity contribution >= 4 is 5.78 Å². The van der Waals surface area contributed by atoms with Gasteiger partial charge in [0.15, 0.2) is 0 Å². The molecule has 6 rings (SSSR count). The SMILES string of the molecule is CC1CC2=C3C4CCC2(C4)C2=C4C=C(C=CC4C(=O)CC2)C31. The molecule has 22 heavy (non-hydrogen) atoms. The highest BCUT2D eigenvalue weighted by atomic mass is 16.1. The van der Waals surface area contributed by atoms with Gasteiger partial charge in [-0.3, -0.25) is 4.79 Å². The van der Waals surface area contributed by atoms with Crippen molar-refractivity contribution in [3.05, 3.63) is 46.1 Å². The molecule has 0 amide bonds. The highest BCUT2D eigenvalue weighted by molar-refractivity contribution is 5.89. The van der Waals surface area contributed by atoms with Gasteiger partial charge in [0, 0.05) is 17.8 Å². The van der Waals surface area contributed by atoms with Crippen LogP contribution in [0.4, 0.5) is 0 Å². The van der Waals surface area contributed by atoms with E-state index >= 15 is 0 Å². The van der Waals surface area contributed by atoms with Crippen LogP contribution in [0.15, 0.2) is 46.1 Å². The molecule has 0 aromatic rings. The Morgan fingerprint density at radius 2 is 2.14 bits per heavy atom. The minimum absolute atomic E-state index is 0.0818. The Morgan fingerprint density at radius 3 is 3.05 bits per heavy atom. The average Bonchev–Trinajstić information content (AvgIpc) is 3.16. The summed E-state index contributed by atoms with van der Waals surface area (Å²) in [6.07, 6.45) is 14.2. The summed E-state index contributed by atoms with van der Waals surface area (Å²) in [5.74, 6) is 2.80. The molecular formula is C21H22O. The predicted octanol–water partition coefficient (Wildman–Crippen LogP) is 4.52. The summed E-state index contributed by atoms with van der Waals surface area (Å²) in [6.45, 7) is 2.45. The first-order valence-electron chi connectivity index (χ1n) is 9.08. The lowest BCUT2D eigenvalue weighted by Crippen LogP contribution is -2.31. The molecule has 0 heterocycles. The highest BCUT2D eigenvalue weighted by Crippen LogP contribution is 2.70. The lowest BCUT2D eigenvalue weighted by atomic mass is 9.63. The number of hydrogen-bond acceptors (Lipinski definition) is 1. The molecule has 0 saturated heterocycles. The molecule has 1 nitrogen and oxygen atoms in total. The van der Waals surface area contributed by atoms with Gasteiger partial charge in [0.2, 0.25) is 0 Å². The van der Waals surface area contributed by atoms with E-state index < -0.39 is 0 Å². The molecule has 0 N–H and O–H groups in total. The standard InChI is InChI=1S/C21H22O/c1-11-8-17-20-13-6-7-21(17,10-13)16-4-5-18(22)14-3-2-12(19(11)20)9-15(14)16/h2-3,9,11,13-14,19H,4-8,10H2,1H3. The molecule has 5 unspecified atom stereocenters. The van der Waals surface area contributed by atoms with Crippen molar-refractivity contribution in [2.45, 2.75) is 45.4 Å². The number of Topliss-reactive ketones (excluding diaryl/α,β-unsaturated/α-hetero) is 1. The van der Waals surface area contributed by atoms with E-state index in [9.17, 15) is 4.79 Å². The molecule has 5 atom stereocenters. The molecule has 1 fully saturated rings. The van der Waals surface area contributed by atoms with E-state index in [2.05, 4.69) is 25.2 Å². The van der Waals surface area contributed by atoms with E-state index in [1.54, 1.807) is 5.57 Å². The van der Waals surface area contributed by atoms with E-state index in [0.717, 1.165) is 24.7 Å². The highest BCUT2D eigenvalue weighted by Gasteiger charge is 2.59. The molecule has 7 bridgehead atoms. The third-order valence-electron chi connectivity index (χ3n) is 7.70. The van der Waals surface area contributed by atoms with Gasteiger partial charge < -0.3 is 0 Å². The Hall–Kier alpha value is -1.37. The zero-order chi connectivity index (χ0) is 14.6. The number of allylic oxidation sites excluding steroid dienone is 8. The quantitative estimate of drug-likeness (QED) is 0.599. The van der Waals surface area contributed by atoms with Crippen LogP contribution in [0.5, 0.6) is 0 Å². The van der Waals surface area contributed by atoms with E-state index in [4.69, 9.17) is 0 Å². The molecule has 0 aromatic carbocycles. The fraction of sp³-hybridized carbons (Fsp3) is 0.571. The van der Waals surface area contributed by atoms with E-state index in [1.165, 1.54) is 36.8 Å². The first kappa shape index (κ1) is 12.1. The Bertz CT molecular complexity index is 759. The van der Waals surface area contributed by atoms with Gasteiger partial charge in [-0.2, -0.15) is 0 Å². The van der Waals surface area contributed by atoms with Crippen molar-refractivity contribution in [1.82, 2.24) is 0 Å². The Kier molecular flexibility index (Phi) is 1.97. The maximum Gasteiger partial charge on any atom is 0.144 e. The molecule has 0 aliphatic heterocycles. The van der Waals surface area contributed by atoms with Crippen molar-refractivity contribution in [2.24, 2.45) is 29.1 Å². The topological polar surface area (TPSA) is 17.1 Å². The fourth-order valence-corrected chi connectivity index (χ4v) is 7.01. The zero-order valence-electron chi connectivity index (χ0n) is 13.2. The van der Waals surface area contributed by atoms with Gasteiger partial charge >= 0.3 is 0 Å². The van der Waals surface area contributed by atoms with Crippen LogP contribution in [0.2, 0.25) is 0 Å². The van der Waals surface area contributed by atoms with Gasteiger partial charge in [0.1, 0.15) is 5.78 Å². The van der Waals surface area contributed by atoms with Crippen molar-refractivity contribution in [1.29, 1.82) is 0 Å². The Balaban J connectivity index is 1.70. The normalized spacial score (nSPS) is 47.1. The van der Waals surface area contributed by atoms with Crippen LogP contribution < -0.4 is 0 Å². The van der Waals surface area contributed by atoms with Crippen LogP contribution in [0.25, 0.3) is 0 Å². The average molecular weight is 290 g/mol. The third kappa shape index (κ3) is 1.13. The van der Waals surface area contributed by atoms with Gasteiger partial charge in [-0.15, -0.1) is 0 Å². The third-order valence-corrected chi connectivity index (χ3v) is 7.70. The van der Waals surface area contributed by atoms with Gasteiger partial charge in [0.25, 0.3) is 0 Å². The molecule has 6 aliphatic rings. The second-order valence-electron chi connectivity index (χ2n) is 8.50. The lowest BCUT2D eigenvalue weighted by molar-refractivity contribution is -0.121. The summed E-state index contributed by atoms with van der Waals surface area (Å²) in [5.41, 5.74) is 8.67. The lowest BCUT2D eigenvalue weighted by Gasteiger charge is -2.40. The molecular weight excluding hydrogens is 268 g/mol. The van der Waals surface area contributed by atoms with Gasteiger partial charge in [-0.05, 0) is 55.1 Å². The summed E-state index contributed by atoms with van der Waals surface area (Å²) in [6, 6.07) is 0. The van der Waals surface area contributed by atoms with Crippen molar-refractivity contribution < 1.29 is 4.79 Å². The molecule has 1 saturated carbocycles. The van der Waals surface area contributed by atoms with Crippen LogP contribution >= 0.6 is 0 Å². The molecule has 1 spiro atoms. The van der Waals surface area contributed by atoms with Crippen LogP contribution in [-0.2, 0) is 4.79 Å². The number of hydrogen-bond donors (Lipinski definition) is 0. The summed E-state index contributed by atoms with van der Waals surface area (Å²) in [7, 11) is 0. The number of carbonyl (C=O) groups is 1. The second kappa shape index (κ2) is 3.58. The summed E-state index contributed by atoms with van der Waals surface area (Å²) >= 11 is 0. The largest absolute Gasteiger partial charge is 0.299 e. The van der Waals surface area contributed by atoms with Crippen LogP contribution in [0.1, 0.15) is 45.4 Å². The maximum absolute atomic E-state index is 12.4. The smallest absolute Gasteiger partial charge is 0.144 e. The Morgan fingerprint density at radius 1 is 1.23 bits per heavy atom. The minimum atomic E-state index is 0.0818. The summed E-state index contributed by atoms with van der Waals surface area (Å²) < 4.78 is 0. The van der Waals surface area contributed by atoms with Crippen LogP contribution in [0.3, 0.4) is 0 Å². The maximum atomic E-state index is 12.4. The van der Waals surface area contributed by atoms with Gasteiger partial charge in [0.05, 0.1) is 5.92 Å². The van der Waals surface area contributed by atoms with Crippen LogP contribution in [0, 0.1) is 29.1 Å². The summed E-state index contributed by atoms with van der Waals surface area (Å²) in [5, 5.41) is 0. The predicted molar refractivity (Wildman–Crippen MR) is 86.1 cm³/mol. The van der Waals surface area contributed by atoms with Gasteiger partial charge in [-0.1, -0.05) is 41.9 Å². The number of fused-ring (bicyclic) bond motifs is 2. The Labute approximate surface area is 131 Å². The fourth-order valence-electron chi connectivity index (χ4n) is 7.01. The van der Waals surface area contributed by atoms with Gasteiger partial charge in [-0.25, -0.2) is 0 Å². The molecule has 0 radical (unpaired) electrons. The minimum Gasteiger partial charge on any atom is -0.299 e. The number of rotatable bonds is 0. The number of ketones is 1. The molecule has 112 valence electrons. The van der Waals surface area contributed by atoms with Crippen LogP contribution in [-0.4, -0.2) is 5.78 Å². The molecule has 1 heteroatoms. The van der Waals surface area contributed by atoms with E-state index in [-0.39, 0.29) is 5.92 Å². The first-order valence-corrected chi connectivity index (χ1v) is 9.08. The molecule has 0 aromatic heterocycles. The first-order chi connectivity index (χ1) is 10.7. The van der Waals surface area contributed by atoms with Crippen molar-refractivity contribution in [2.75, 3.05) is 0 Å². The van der Waals surface area contributed by atoms with Crippen molar-refractivity contribution in [3.63, 3.8) is 0 Å².